The van der Waals surface area contributed by atoms with E-state index in [1.54, 1.807) is 0 Å². The number of imidazole rings is 1. The van der Waals surface area contributed by atoms with E-state index in [0.29, 0.717) is 11.8 Å². The zero-order valence-corrected chi connectivity index (χ0v) is 15.8. The summed E-state index contributed by atoms with van der Waals surface area (Å²) >= 11 is 0. The molecule has 1 atom stereocenters. The van der Waals surface area contributed by atoms with Crippen molar-refractivity contribution >= 4 is 0 Å². The van der Waals surface area contributed by atoms with E-state index in [0.717, 1.165) is 18.2 Å². The fourth-order valence-electron chi connectivity index (χ4n) is 4.29. The second kappa shape index (κ2) is 7.56. The van der Waals surface area contributed by atoms with Crippen LogP contribution in [0.4, 0.5) is 0 Å². The van der Waals surface area contributed by atoms with E-state index in [1.165, 1.54) is 42.6 Å². The van der Waals surface area contributed by atoms with Crippen LogP contribution in [0.15, 0.2) is 42.7 Å². The van der Waals surface area contributed by atoms with Crippen LogP contribution in [0.3, 0.4) is 0 Å². The summed E-state index contributed by atoms with van der Waals surface area (Å²) in [6.07, 6.45) is 10.2. The molecular weight excluding hydrogens is 320 g/mol. The maximum Gasteiger partial charge on any atom is 0.139 e. The molecule has 0 saturated heterocycles. The van der Waals surface area contributed by atoms with Gasteiger partial charge >= 0.3 is 0 Å². The molecule has 4 nitrogen and oxygen atoms in total. The molecule has 3 N–H and O–H groups in total. The molecule has 1 saturated carbocycles. The largest absolute Gasteiger partial charge is 0.365 e. The molecule has 1 aliphatic carbocycles. The number of hydrogen-bond donors (Lipinski definition) is 3. The summed E-state index contributed by atoms with van der Waals surface area (Å²) in [5.74, 6) is 2.93. The van der Waals surface area contributed by atoms with E-state index >= 15 is 0 Å². The Bertz CT molecular complexity index is 733. The fraction of sp³-hybridized carbons (Fsp3) is 0.500. The second-order valence-corrected chi connectivity index (χ2v) is 8.07. The van der Waals surface area contributed by atoms with Crippen LogP contribution in [0.25, 0.3) is 0 Å². The first kappa shape index (κ1) is 17.2. The smallest absolute Gasteiger partial charge is 0.139 e. The lowest BCUT2D eigenvalue weighted by atomic mass is 9.81. The van der Waals surface area contributed by atoms with Gasteiger partial charge in [-0.05, 0) is 30.7 Å². The average Bonchev–Trinajstić information content (AvgIpc) is 3.33. The highest BCUT2D eigenvalue weighted by molar-refractivity contribution is 5.27. The number of benzene rings is 1. The van der Waals surface area contributed by atoms with Crippen LogP contribution in [0.2, 0.25) is 0 Å². The molecule has 0 radical (unpaired) electrons. The standard InChI is InChI=1S/C22H30N4/c1-15-8-10-18(11-9-15)19-20(22-23-12-13-24-22)26-21(25-19)16(2)14-17-6-4-3-5-7-17/h3-7,12-13,15-16,18,22-24H,8-11,14H2,1-2H3,(H,25,26)/t15?,16-,18?/m0/s1. The first-order chi connectivity index (χ1) is 12.7. The van der Waals surface area contributed by atoms with Crippen molar-refractivity contribution in [2.24, 2.45) is 5.92 Å². The van der Waals surface area contributed by atoms with Gasteiger partial charge < -0.3 is 15.6 Å². The second-order valence-electron chi connectivity index (χ2n) is 8.07. The Kier molecular flexibility index (Phi) is 5.00. The van der Waals surface area contributed by atoms with Gasteiger partial charge in [0.1, 0.15) is 12.0 Å². The number of hydrogen-bond acceptors (Lipinski definition) is 3. The highest BCUT2D eigenvalue weighted by atomic mass is 15.2. The van der Waals surface area contributed by atoms with Gasteiger partial charge in [0.25, 0.3) is 0 Å². The molecule has 26 heavy (non-hydrogen) atoms. The molecule has 1 aromatic heterocycles. The van der Waals surface area contributed by atoms with Gasteiger partial charge in [0.15, 0.2) is 0 Å². The maximum absolute atomic E-state index is 5.14. The molecule has 0 spiro atoms. The number of rotatable bonds is 5. The van der Waals surface area contributed by atoms with Crippen molar-refractivity contribution < 1.29 is 0 Å². The summed E-state index contributed by atoms with van der Waals surface area (Å²) < 4.78 is 0. The third kappa shape index (κ3) is 3.64. The molecule has 4 rings (SSSR count). The Morgan fingerprint density at radius 2 is 1.73 bits per heavy atom. The van der Waals surface area contributed by atoms with Crippen LogP contribution in [-0.4, -0.2) is 9.97 Å². The highest BCUT2D eigenvalue weighted by Gasteiger charge is 2.29. The van der Waals surface area contributed by atoms with Crippen molar-refractivity contribution in [3.05, 3.63) is 65.5 Å². The van der Waals surface area contributed by atoms with Crippen LogP contribution < -0.4 is 10.6 Å². The summed E-state index contributed by atoms with van der Waals surface area (Å²) in [5, 5.41) is 6.80. The Morgan fingerprint density at radius 1 is 1.04 bits per heavy atom. The van der Waals surface area contributed by atoms with E-state index in [4.69, 9.17) is 4.98 Å². The first-order valence-corrected chi connectivity index (χ1v) is 10.0. The van der Waals surface area contributed by atoms with Crippen molar-refractivity contribution in [3.63, 3.8) is 0 Å². The van der Waals surface area contributed by atoms with Gasteiger partial charge in [-0.2, -0.15) is 0 Å². The number of H-pyrrole nitrogens is 1. The molecule has 0 amide bonds. The van der Waals surface area contributed by atoms with Crippen molar-refractivity contribution in [3.8, 4) is 0 Å². The fourth-order valence-corrected chi connectivity index (χ4v) is 4.29. The molecule has 0 bridgehead atoms. The maximum atomic E-state index is 5.14. The van der Waals surface area contributed by atoms with Crippen molar-refractivity contribution in [1.82, 2.24) is 20.6 Å². The number of nitrogens with zero attached hydrogens (tertiary/aromatic N) is 1. The van der Waals surface area contributed by atoms with Crippen LogP contribution in [-0.2, 0) is 6.42 Å². The van der Waals surface area contributed by atoms with Gasteiger partial charge in [0, 0.05) is 24.2 Å². The third-order valence-corrected chi connectivity index (χ3v) is 5.93. The van der Waals surface area contributed by atoms with Crippen molar-refractivity contribution in [2.45, 2.75) is 64.0 Å². The summed E-state index contributed by atoms with van der Waals surface area (Å²) in [7, 11) is 0. The number of nitrogens with one attached hydrogen (secondary N) is 3. The van der Waals surface area contributed by atoms with Gasteiger partial charge in [-0.1, -0.05) is 57.0 Å². The SMILES string of the molecule is CC1CCC(c2nc([C@@H](C)Cc3ccccc3)[nH]c2C2NC=CN2)CC1. The first-order valence-electron chi connectivity index (χ1n) is 10.0. The van der Waals surface area contributed by atoms with E-state index in [9.17, 15) is 0 Å². The molecule has 4 heteroatoms. The van der Waals surface area contributed by atoms with Gasteiger partial charge in [0.05, 0.1) is 11.4 Å². The zero-order chi connectivity index (χ0) is 17.9. The molecule has 2 aliphatic rings. The van der Waals surface area contributed by atoms with Gasteiger partial charge in [-0.25, -0.2) is 4.98 Å². The zero-order valence-electron chi connectivity index (χ0n) is 15.8. The monoisotopic (exact) mass is 350 g/mol. The summed E-state index contributed by atoms with van der Waals surface area (Å²) in [6, 6.07) is 10.7. The highest BCUT2D eigenvalue weighted by Crippen LogP contribution is 2.38. The van der Waals surface area contributed by atoms with Crippen LogP contribution in [0.1, 0.15) is 80.3 Å². The molecule has 1 fully saturated rings. The minimum atomic E-state index is 0.120. The van der Waals surface area contributed by atoms with Gasteiger partial charge in [0.2, 0.25) is 0 Å². The third-order valence-electron chi connectivity index (χ3n) is 5.93. The van der Waals surface area contributed by atoms with E-state index < -0.39 is 0 Å². The number of aromatic nitrogens is 2. The quantitative estimate of drug-likeness (QED) is 0.732. The molecule has 2 heterocycles. The van der Waals surface area contributed by atoms with Gasteiger partial charge in [-0.15, -0.1) is 0 Å². The summed E-state index contributed by atoms with van der Waals surface area (Å²) in [5.41, 5.74) is 3.87. The van der Waals surface area contributed by atoms with Crippen LogP contribution in [0, 0.1) is 5.92 Å². The summed E-state index contributed by atoms with van der Waals surface area (Å²) in [4.78, 5) is 8.81. The van der Waals surface area contributed by atoms with E-state index in [1.807, 2.05) is 12.4 Å². The van der Waals surface area contributed by atoms with Crippen LogP contribution >= 0.6 is 0 Å². The Balaban J connectivity index is 1.58. The number of aromatic amines is 1. The normalized spacial score (nSPS) is 24.2. The van der Waals surface area contributed by atoms with Crippen LogP contribution in [0.5, 0.6) is 0 Å². The minimum Gasteiger partial charge on any atom is -0.365 e. The van der Waals surface area contributed by atoms with E-state index in [2.05, 4.69) is 59.8 Å². The molecular formula is C22H30N4. The Morgan fingerprint density at radius 3 is 2.42 bits per heavy atom. The predicted molar refractivity (Wildman–Crippen MR) is 106 cm³/mol. The Hall–Kier alpha value is -2.23. The lowest BCUT2D eigenvalue weighted by Gasteiger charge is -2.26. The van der Waals surface area contributed by atoms with Crippen molar-refractivity contribution in [1.29, 1.82) is 0 Å². The molecule has 1 aliphatic heterocycles. The Labute approximate surface area is 156 Å². The van der Waals surface area contributed by atoms with Crippen molar-refractivity contribution in [2.75, 3.05) is 0 Å². The van der Waals surface area contributed by atoms with Gasteiger partial charge in [-0.3, -0.25) is 0 Å². The topological polar surface area (TPSA) is 52.7 Å². The predicted octanol–water partition coefficient (Wildman–Crippen LogP) is 4.71. The summed E-state index contributed by atoms with van der Waals surface area (Å²) in [6.45, 7) is 4.65. The van der Waals surface area contributed by atoms with E-state index in [-0.39, 0.29) is 6.17 Å². The molecule has 1 aromatic carbocycles. The molecule has 2 aromatic rings. The lowest BCUT2D eigenvalue weighted by molar-refractivity contribution is 0.341. The minimum absolute atomic E-state index is 0.120. The lowest BCUT2D eigenvalue weighted by Crippen LogP contribution is -2.24. The average molecular weight is 351 g/mol. The molecule has 138 valence electrons. The molecule has 0 unspecified atom stereocenters.